The molecule has 7 nitrogen and oxygen atoms in total. The zero-order valence-electron chi connectivity index (χ0n) is 16.1. The molecule has 0 unspecified atom stereocenters. The molecule has 0 aliphatic carbocycles. The molecule has 1 aliphatic rings. The third-order valence-electron chi connectivity index (χ3n) is 4.74. The van der Waals surface area contributed by atoms with Gasteiger partial charge in [0.1, 0.15) is 12.2 Å². The fraction of sp³-hybridized carbons (Fsp3) is 0.526. The second-order valence-corrected chi connectivity index (χ2v) is 7.62. The maximum absolute atomic E-state index is 9.79. The van der Waals surface area contributed by atoms with Crippen molar-refractivity contribution in [2.24, 2.45) is 4.99 Å². The Morgan fingerprint density at radius 1 is 1.29 bits per heavy atom. The highest BCUT2D eigenvalue weighted by molar-refractivity contribution is 14.0. The van der Waals surface area contributed by atoms with Crippen LogP contribution in [0.2, 0.25) is 0 Å². The van der Waals surface area contributed by atoms with E-state index in [0.29, 0.717) is 6.54 Å². The number of likely N-dealkylation sites (tertiary alicyclic amines) is 1. The first kappa shape index (κ1) is 23.1. The highest BCUT2D eigenvalue weighted by Gasteiger charge is 2.19. The van der Waals surface area contributed by atoms with Gasteiger partial charge in [-0.2, -0.15) is 0 Å². The smallest absolute Gasteiger partial charge is 0.194 e. The second-order valence-electron chi connectivity index (χ2n) is 6.71. The molecule has 1 fully saturated rings. The number of nitrogens with zero attached hydrogens (tertiary/aromatic N) is 5. The standard InChI is InChI=1S/C19H27BrN6O.HI/c1-2-18-24-23-14-26(18)12-9-21-19(25-10-7-17(27)8-11-25)22-13-15-3-5-16(20)6-4-15;/h3-6,14,17,27H,2,7-13H2,1H3,(H,21,22);1H. The summed E-state index contributed by atoms with van der Waals surface area (Å²) >= 11 is 3.47. The first-order valence-electron chi connectivity index (χ1n) is 9.48. The van der Waals surface area contributed by atoms with Gasteiger partial charge < -0.3 is 19.9 Å². The van der Waals surface area contributed by atoms with E-state index >= 15 is 0 Å². The molecule has 0 atom stereocenters. The van der Waals surface area contributed by atoms with E-state index in [1.807, 2.05) is 12.1 Å². The van der Waals surface area contributed by atoms with Crippen LogP contribution in [0.4, 0.5) is 0 Å². The Balaban J connectivity index is 0.00000280. The summed E-state index contributed by atoms with van der Waals surface area (Å²) in [4.78, 5) is 7.06. The van der Waals surface area contributed by atoms with E-state index in [-0.39, 0.29) is 30.1 Å². The molecule has 1 aromatic carbocycles. The summed E-state index contributed by atoms with van der Waals surface area (Å²) in [5.41, 5.74) is 1.17. The zero-order valence-corrected chi connectivity index (χ0v) is 20.0. The predicted molar refractivity (Wildman–Crippen MR) is 125 cm³/mol. The van der Waals surface area contributed by atoms with Gasteiger partial charge in [-0.15, -0.1) is 34.2 Å². The van der Waals surface area contributed by atoms with Gasteiger partial charge in [0.25, 0.3) is 0 Å². The van der Waals surface area contributed by atoms with Crippen molar-refractivity contribution in [3.05, 3.63) is 46.5 Å². The Labute approximate surface area is 191 Å². The van der Waals surface area contributed by atoms with Crippen LogP contribution in [0.5, 0.6) is 0 Å². The molecule has 0 amide bonds. The molecule has 1 saturated heterocycles. The van der Waals surface area contributed by atoms with Crippen LogP contribution in [0.25, 0.3) is 0 Å². The molecule has 28 heavy (non-hydrogen) atoms. The molecule has 3 rings (SSSR count). The van der Waals surface area contributed by atoms with Gasteiger partial charge in [0, 0.05) is 37.1 Å². The molecular weight excluding hydrogens is 535 g/mol. The minimum atomic E-state index is -0.196. The van der Waals surface area contributed by atoms with Gasteiger partial charge in [-0.05, 0) is 30.5 Å². The summed E-state index contributed by atoms with van der Waals surface area (Å²) in [6, 6.07) is 8.23. The van der Waals surface area contributed by atoms with Crippen LogP contribution in [0.15, 0.2) is 40.1 Å². The Kier molecular flexibility index (Phi) is 9.66. The van der Waals surface area contributed by atoms with Gasteiger partial charge in [-0.25, -0.2) is 4.99 Å². The average Bonchev–Trinajstić information content (AvgIpc) is 3.14. The first-order valence-corrected chi connectivity index (χ1v) is 10.3. The van der Waals surface area contributed by atoms with E-state index in [2.05, 4.69) is 60.0 Å². The van der Waals surface area contributed by atoms with Crippen molar-refractivity contribution in [1.29, 1.82) is 0 Å². The molecule has 2 N–H and O–H groups in total. The molecule has 0 radical (unpaired) electrons. The maximum atomic E-state index is 9.79. The van der Waals surface area contributed by atoms with Crippen LogP contribution < -0.4 is 5.32 Å². The summed E-state index contributed by atoms with van der Waals surface area (Å²) < 4.78 is 3.14. The quantitative estimate of drug-likeness (QED) is 0.321. The number of rotatable bonds is 6. The molecule has 154 valence electrons. The summed E-state index contributed by atoms with van der Waals surface area (Å²) in [6.45, 7) is 5.90. The van der Waals surface area contributed by atoms with Crippen molar-refractivity contribution in [1.82, 2.24) is 25.0 Å². The molecule has 1 aliphatic heterocycles. The summed E-state index contributed by atoms with van der Waals surface area (Å²) in [5, 5.41) is 21.4. The van der Waals surface area contributed by atoms with Crippen molar-refractivity contribution in [3.63, 3.8) is 0 Å². The van der Waals surface area contributed by atoms with Crippen LogP contribution in [-0.2, 0) is 19.5 Å². The number of nitrogens with one attached hydrogen (secondary N) is 1. The molecule has 0 bridgehead atoms. The molecule has 0 spiro atoms. The number of aliphatic hydroxyl groups excluding tert-OH is 1. The maximum Gasteiger partial charge on any atom is 0.194 e. The Morgan fingerprint density at radius 2 is 2.00 bits per heavy atom. The Morgan fingerprint density at radius 3 is 2.68 bits per heavy atom. The van der Waals surface area contributed by atoms with Crippen molar-refractivity contribution in [2.45, 2.75) is 45.4 Å². The normalized spacial score (nSPS) is 15.4. The highest BCUT2D eigenvalue weighted by Crippen LogP contribution is 2.13. The fourth-order valence-corrected chi connectivity index (χ4v) is 3.39. The van der Waals surface area contributed by atoms with Crippen molar-refractivity contribution in [3.8, 4) is 0 Å². The number of benzene rings is 1. The van der Waals surface area contributed by atoms with E-state index in [9.17, 15) is 5.11 Å². The van der Waals surface area contributed by atoms with Gasteiger partial charge in [0.05, 0.1) is 12.6 Å². The fourth-order valence-electron chi connectivity index (χ4n) is 3.13. The lowest BCUT2D eigenvalue weighted by Crippen LogP contribution is -2.47. The topological polar surface area (TPSA) is 78.6 Å². The van der Waals surface area contributed by atoms with Crippen LogP contribution in [0.3, 0.4) is 0 Å². The van der Waals surface area contributed by atoms with Gasteiger partial charge >= 0.3 is 0 Å². The van der Waals surface area contributed by atoms with E-state index in [1.54, 1.807) is 6.33 Å². The lowest BCUT2D eigenvalue weighted by Gasteiger charge is -2.32. The molecule has 2 aromatic rings. The number of hydrogen-bond donors (Lipinski definition) is 2. The van der Waals surface area contributed by atoms with Crippen LogP contribution in [0.1, 0.15) is 31.2 Å². The van der Waals surface area contributed by atoms with Crippen molar-refractivity contribution >= 4 is 45.9 Å². The van der Waals surface area contributed by atoms with Gasteiger partial charge in [-0.1, -0.05) is 35.0 Å². The summed E-state index contributed by atoms with van der Waals surface area (Å²) in [5.74, 6) is 1.89. The number of halogens is 2. The van der Waals surface area contributed by atoms with Crippen LogP contribution >= 0.6 is 39.9 Å². The number of hydrogen-bond acceptors (Lipinski definition) is 4. The summed E-state index contributed by atoms with van der Waals surface area (Å²) in [6.07, 6.45) is 4.01. The highest BCUT2D eigenvalue weighted by atomic mass is 127. The van der Waals surface area contributed by atoms with E-state index in [1.165, 1.54) is 5.56 Å². The Bertz CT molecular complexity index is 743. The van der Waals surface area contributed by atoms with E-state index < -0.39 is 0 Å². The van der Waals surface area contributed by atoms with Crippen LogP contribution in [0, 0.1) is 0 Å². The Hall–Kier alpha value is -1.20. The molecule has 9 heteroatoms. The van der Waals surface area contributed by atoms with Crippen molar-refractivity contribution in [2.75, 3.05) is 19.6 Å². The molecule has 0 saturated carbocycles. The largest absolute Gasteiger partial charge is 0.393 e. The van der Waals surface area contributed by atoms with E-state index in [0.717, 1.165) is 61.7 Å². The summed E-state index contributed by atoms with van der Waals surface area (Å²) in [7, 11) is 0. The minimum absolute atomic E-state index is 0. The SMILES string of the molecule is CCc1nncn1CCNC(=NCc1ccc(Br)cc1)N1CCC(O)CC1.I. The number of guanidine groups is 1. The second kappa shape index (κ2) is 11.7. The monoisotopic (exact) mass is 562 g/mol. The number of aliphatic hydroxyl groups is 1. The number of aryl methyl sites for hydroxylation is 1. The van der Waals surface area contributed by atoms with Gasteiger partial charge in [0.15, 0.2) is 5.96 Å². The van der Waals surface area contributed by atoms with Crippen LogP contribution in [-0.4, -0.2) is 56.5 Å². The molecular formula is C19H28BrIN6O. The first-order chi connectivity index (χ1) is 13.2. The zero-order chi connectivity index (χ0) is 19.1. The number of aliphatic imine (C=N–C) groups is 1. The average molecular weight is 563 g/mol. The molecule has 2 heterocycles. The lowest BCUT2D eigenvalue weighted by atomic mass is 10.1. The van der Waals surface area contributed by atoms with Gasteiger partial charge in [-0.3, -0.25) is 0 Å². The third-order valence-corrected chi connectivity index (χ3v) is 5.27. The predicted octanol–water partition coefficient (Wildman–Crippen LogP) is 2.82. The van der Waals surface area contributed by atoms with Gasteiger partial charge in [0.2, 0.25) is 0 Å². The third kappa shape index (κ3) is 6.70. The lowest BCUT2D eigenvalue weighted by molar-refractivity contribution is 0.108. The molecule has 1 aromatic heterocycles. The number of aromatic nitrogens is 3. The number of piperidine rings is 1. The van der Waals surface area contributed by atoms with E-state index in [4.69, 9.17) is 4.99 Å². The minimum Gasteiger partial charge on any atom is -0.393 e. The van der Waals surface area contributed by atoms with Crippen molar-refractivity contribution < 1.29 is 5.11 Å².